The number of nitro groups is 1. The molecule has 0 radical (unpaired) electrons. The molecule has 1 saturated carbocycles. The molecule has 1 saturated heterocycles. The molecule has 1 heterocycles. The van der Waals surface area contributed by atoms with E-state index in [9.17, 15) is 10.1 Å². The number of nitrogens with zero attached hydrogens (tertiary/aromatic N) is 2. The molecular formula is C14H20N4O2. The van der Waals surface area contributed by atoms with E-state index in [1.165, 1.54) is 31.7 Å². The van der Waals surface area contributed by atoms with E-state index < -0.39 is 0 Å². The normalized spacial score (nSPS) is 25.4. The lowest BCUT2D eigenvalue weighted by molar-refractivity contribution is -0.384. The standard InChI is InChI=1S/C14H20N4O2/c15-16-11-7-12(9-13(8-11)18(19)20)17-6-2-4-10-3-1-5-14(10)17/h7-10,14,16H,1-6,15H2. The number of hydrazine groups is 1. The minimum atomic E-state index is -0.361. The number of hydrogen-bond donors (Lipinski definition) is 2. The first kappa shape index (κ1) is 13.2. The number of hydrogen-bond acceptors (Lipinski definition) is 5. The summed E-state index contributed by atoms with van der Waals surface area (Å²) >= 11 is 0. The summed E-state index contributed by atoms with van der Waals surface area (Å²) in [5, 5.41) is 11.1. The molecule has 1 aromatic carbocycles. The van der Waals surface area contributed by atoms with Crippen molar-refractivity contribution in [1.29, 1.82) is 0 Å². The zero-order chi connectivity index (χ0) is 14.1. The zero-order valence-corrected chi connectivity index (χ0v) is 11.4. The van der Waals surface area contributed by atoms with Crippen LogP contribution < -0.4 is 16.2 Å². The molecular weight excluding hydrogens is 256 g/mol. The Bertz CT molecular complexity index is 520. The van der Waals surface area contributed by atoms with Gasteiger partial charge in [0.2, 0.25) is 0 Å². The van der Waals surface area contributed by atoms with E-state index in [-0.39, 0.29) is 10.6 Å². The summed E-state index contributed by atoms with van der Waals surface area (Å²) in [4.78, 5) is 13.0. The minimum Gasteiger partial charge on any atom is -0.368 e. The molecule has 0 bridgehead atoms. The third kappa shape index (κ3) is 2.31. The Morgan fingerprint density at radius 1 is 1.25 bits per heavy atom. The molecule has 1 aliphatic carbocycles. The van der Waals surface area contributed by atoms with E-state index in [1.54, 1.807) is 6.07 Å². The number of nitrogens with one attached hydrogen (secondary N) is 1. The molecule has 20 heavy (non-hydrogen) atoms. The van der Waals surface area contributed by atoms with Gasteiger partial charge >= 0.3 is 0 Å². The molecule has 6 heteroatoms. The van der Waals surface area contributed by atoms with Crippen molar-refractivity contribution in [3.63, 3.8) is 0 Å². The van der Waals surface area contributed by atoms with Gasteiger partial charge in [-0.25, -0.2) is 0 Å². The fourth-order valence-electron chi connectivity index (χ4n) is 3.72. The number of benzene rings is 1. The summed E-state index contributed by atoms with van der Waals surface area (Å²) in [6.45, 7) is 0.979. The van der Waals surface area contributed by atoms with Gasteiger partial charge in [0.1, 0.15) is 0 Å². The molecule has 2 aliphatic rings. The van der Waals surface area contributed by atoms with Gasteiger partial charge in [-0.15, -0.1) is 0 Å². The Balaban J connectivity index is 1.95. The zero-order valence-electron chi connectivity index (χ0n) is 11.4. The van der Waals surface area contributed by atoms with Crippen molar-refractivity contribution in [2.75, 3.05) is 16.9 Å². The average molecular weight is 276 g/mol. The first-order valence-corrected chi connectivity index (χ1v) is 7.22. The maximum atomic E-state index is 11.1. The minimum absolute atomic E-state index is 0.0931. The Kier molecular flexibility index (Phi) is 3.48. The molecule has 1 aliphatic heterocycles. The van der Waals surface area contributed by atoms with Crippen LogP contribution in [0.2, 0.25) is 0 Å². The first-order valence-electron chi connectivity index (χ1n) is 7.22. The van der Waals surface area contributed by atoms with Gasteiger partial charge in [0.25, 0.3) is 5.69 Å². The predicted molar refractivity (Wildman–Crippen MR) is 78.6 cm³/mol. The van der Waals surface area contributed by atoms with Crippen LogP contribution in [0.1, 0.15) is 32.1 Å². The molecule has 2 atom stereocenters. The molecule has 2 fully saturated rings. The van der Waals surface area contributed by atoms with Gasteiger partial charge in [0.05, 0.1) is 10.6 Å². The largest absolute Gasteiger partial charge is 0.368 e. The summed E-state index contributed by atoms with van der Waals surface area (Å²) < 4.78 is 0. The van der Waals surface area contributed by atoms with E-state index in [0.717, 1.165) is 24.6 Å². The first-order chi connectivity index (χ1) is 9.69. The lowest BCUT2D eigenvalue weighted by Gasteiger charge is -2.39. The van der Waals surface area contributed by atoms with Crippen molar-refractivity contribution < 1.29 is 4.92 Å². The van der Waals surface area contributed by atoms with Gasteiger partial charge in [-0.05, 0) is 37.7 Å². The monoisotopic (exact) mass is 276 g/mol. The van der Waals surface area contributed by atoms with Crippen LogP contribution in [0.15, 0.2) is 18.2 Å². The van der Waals surface area contributed by atoms with Crippen molar-refractivity contribution in [2.24, 2.45) is 11.8 Å². The van der Waals surface area contributed by atoms with Crippen LogP contribution in [0.5, 0.6) is 0 Å². The Hall–Kier alpha value is -1.82. The summed E-state index contributed by atoms with van der Waals surface area (Å²) in [6.07, 6.45) is 6.20. The summed E-state index contributed by atoms with van der Waals surface area (Å²) in [6, 6.07) is 5.59. The number of rotatable bonds is 3. The van der Waals surface area contributed by atoms with E-state index >= 15 is 0 Å². The topological polar surface area (TPSA) is 84.4 Å². The number of nitrogens with two attached hydrogens (primary N) is 1. The highest BCUT2D eigenvalue weighted by atomic mass is 16.6. The SMILES string of the molecule is NNc1cc(N2CCCC3CCCC32)cc([N+](=O)[O-])c1. The van der Waals surface area contributed by atoms with Crippen LogP contribution in [0.25, 0.3) is 0 Å². The fraction of sp³-hybridized carbons (Fsp3) is 0.571. The lowest BCUT2D eigenvalue weighted by Crippen LogP contribution is -2.42. The summed E-state index contributed by atoms with van der Waals surface area (Å²) in [5.74, 6) is 6.18. The van der Waals surface area contributed by atoms with Crippen LogP contribution >= 0.6 is 0 Å². The highest BCUT2D eigenvalue weighted by Gasteiger charge is 2.35. The van der Waals surface area contributed by atoms with Crippen molar-refractivity contribution in [1.82, 2.24) is 0 Å². The molecule has 0 aromatic heterocycles. The molecule has 3 N–H and O–H groups in total. The van der Waals surface area contributed by atoms with Gasteiger partial charge in [0.15, 0.2) is 0 Å². The average Bonchev–Trinajstić information content (AvgIpc) is 2.94. The third-order valence-electron chi connectivity index (χ3n) is 4.60. The smallest absolute Gasteiger partial charge is 0.273 e. The van der Waals surface area contributed by atoms with Gasteiger partial charge in [-0.2, -0.15) is 0 Å². The number of piperidine rings is 1. The van der Waals surface area contributed by atoms with E-state index in [0.29, 0.717) is 11.7 Å². The Morgan fingerprint density at radius 2 is 2.05 bits per heavy atom. The van der Waals surface area contributed by atoms with Crippen LogP contribution in [0.3, 0.4) is 0 Å². The summed E-state index contributed by atoms with van der Waals surface area (Å²) in [5.41, 5.74) is 4.14. The van der Waals surface area contributed by atoms with Crippen molar-refractivity contribution >= 4 is 17.1 Å². The fourth-order valence-corrected chi connectivity index (χ4v) is 3.72. The Morgan fingerprint density at radius 3 is 2.80 bits per heavy atom. The second kappa shape index (κ2) is 5.28. The van der Waals surface area contributed by atoms with Crippen LogP contribution in [-0.2, 0) is 0 Å². The highest BCUT2D eigenvalue weighted by Crippen LogP contribution is 2.40. The number of nitro benzene ring substituents is 1. The summed E-state index contributed by atoms with van der Waals surface area (Å²) in [7, 11) is 0. The number of nitrogen functional groups attached to an aromatic ring is 1. The molecule has 0 amide bonds. The Labute approximate surface area is 118 Å². The van der Waals surface area contributed by atoms with Crippen molar-refractivity contribution in [3.8, 4) is 0 Å². The molecule has 108 valence electrons. The van der Waals surface area contributed by atoms with Crippen LogP contribution in [0, 0.1) is 16.0 Å². The van der Waals surface area contributed by atoms with Gasteiger partial charge in [-0.1, -0.05) is 6.42 Å². The quantitative estimate of drug-likeness (QED) is 0.503. The van der Waals surface area contributed by atoms with Crippen LogP contribution in [-0.4, -0.2) is 17.5 Å². The lowest BCUT2D eigenvalue weighted by atomic mass is 9.91. The second-order valence-electron chi connectivity index (χ2n) is 5.73. The van der Waals surface area contributed by atoms with Gasteiger partial charge in [-0.3, -0.25) is 16.0 Å². The van der Waals surface area contributed by atoms with Gasteiger partial charge in [0, 0.05) is 30.4 Å². The van der Waals surface area contributed by atoms with E-state index in [1.807, 2.05) is 6.07 Å². The number of non-ortho nitro benzene ring substituents is 1. The highest BCUT2D eigenvalue weighted by molar-refractivity contribution is 5.64. The third-order valence-corrected chi connectivity index (χ3v) is 4.60. The number of anilines is 2. The molecule has 3 rings (SSSR count). The van der Waals surface area contributed by atoms with Crippen molar-refractivity contribution in [3.05, 3.63) is 28.3 Å². The maximum absolute atomic E-state index is 11.1. The molecule has 0 spiro atoms. The van der Waals surface area contributed by atoms with E-state index in [4.69, 9.17) is 5.84 Å². The predicted octanol–water partition coefficient (Wildman–Crippen LogP) is 2.65. The van der Waals surface area contributed by atoms with Crippen LogP contribution in [0.4, 0.5) is 17.1 Å². The van der Waals surface area contributed by atoms with E-state index in [2.05, 4.69) is 10.3 Å². The van der Waals surface area contributed by atoms with Gasteiger partial charge < -0.3 is 10.3 Å². The number of fused-ring (bicyclic) bond motifs is 1. The van der Waals surface area contributed by atoms with Crippen molar-refractivity contribution in [2.45, 2.75) is 38.1 Å². The maximum Gasteiger partial charge on any atom is 0.273 e. The second-order valence-corrected chi connectivity index (χ2v) is 5.73. The molecule has 6 nitrogen and oxygen atoms in total. The molecule has 1 aromatic rings. The molecule has 2 unspecified atom stereocenters.